The van der Waals surface area contributed by atoms with Crippen LogP contribution in [0.15, 0.2) is 30.6 Å². The SMILES string of the molecule is CC(=O)Nc1ccc(Nc2nc(N3CCCC3CO)nc3nc[nH]c23)cc1. The third-order valence-corrected chi connectivity index (χ3v) is 4.59. The van der Waals surface area contributed by atoms with Crippen molar-refractivity contribution in [2.24, 2.45) is 0 Å². The molecular formula is C18H21N7O2. The molecule has 0 spiro atoms. The number of aromatic nitrogens is 4. The first kappa shape index (κ1) is 17.2. The molecule has 1 fully saturated rings. The largest absolute Gasteiger partial charge is 0.394 e. The molecule has 4 rings (SSSR count). The number of benzene rings is 1. The van der Waals surface area contributed by atoms with Crippen LogP contribution in [0, 0.1) is 0 Å². The van der Waals surface area contributed by atoms with E-state index in [0.29, 0.717) is 22.9 Å². The molecule has 140 valence electrons. The number of hydrogen-bond donors (Lipinski definition) is 4. The average molecular weight is 367 g/mol. The normalized spacial score (nSPS) is 16.7. The topological polar surface area (TPSA) is 119 Å². The molecule has 2 aromatic heterocycles. The Balaban J connectivity index is 1.64. The van der Waals surface area contributed by atoms with E-state index in [1.807, 2.05) is 29.2 Å². The Morgan fingerprint density at radius 1 is 1.30 bits per heavy atom. The predicted octanol–water partition coefficient (Wildman–Crippen LogP) is 2.02. The zero-order valence-corrected chi connectivity index (χ0v) is 14.9. The number of rotatable bonds is 5. The number of amides is 1. The highest BCUT2D eigenvalue weighted by Gasteiger charge is 2.27. The second-order valence-corrected chi connectivity index (χ2v) is 6.53. The summed E-state index contributed by atoms with van der Waals surface area (Å²) in [6, 6.07) is 7.39. The maximum absolute atomic E-state index is 11.1. The molecule has 0 bridgehead atoms. The Kier molecular flexibility index (Phi) is 4.59. The van der Waals surface area contributed by atoms with Crippen molar-refractivity contribution < 1.29 is 9.90 Å². The van der Waals surface area contributed by atoms with E-state index < -0.39 is 0 Å². The Morgan fingerprint density at radius 2 is 2.07 bits per heavy atom. The lowest BCUT2D eigenvalue weighted by Crippen LogP contribution is -2.33. The maximum atomic E-state index is 11.1. The molecule has 4 N–H and O–H groups in total. The molecule has 0 aliphatic carbocycles. The Bertz CT molecular complexity index is 954. The van der Waals surface area contributed by atoms with Crippen molar-refractivity contribution in [3.05, 3.63) is 30.6 Å². The van der Waals surface area contributed by atoms with E-state index in [1.54, 1.807) is 6.33 Å². The van der Waals surface area contributed by atoms with Gasteiger partial charge in [0.25, 0.3) is 0 Å². The molecule has 0 saturated carbocycles. The lowest BCUT2D eigenvalue weighted by atomic mass is 10.2. The quantitative estimate of drug-likeness (QED) is 0.545. The summed E-state index contributed by atoms with van der Waals surface area (Å²) in [6.07, 6.45) is 3.51. The molecule has 9 nitrogen and oxygen atoms in total. The summed E-state index contributed by atoms with van der Waals surface area (Å²) in [5, 5.41) is 15.6. The number of aromatic amines is 1. The Hall–Kier alpha value is -3.20. The van der Waals surface area contributed by atoms with Crippen molar-refractivity contribution in [3.63, 3.8) is 0 Å². The smallest absolute Gasteiger partial charge is 0.229 e. The number of hydrogen-bond acceptors (Lipinski definition) is 7. The van der Waals surface area contributed by atoms with Crippen molar-refractivity contribution >= 4 is 40.2 Å². The van der Waals surface area contributed by atoms with E-state index >= 15 is 0 Å². The number of carbonyl (C=O) groups is 1. The number of fused-ring (bicyclic) bond motifs is 1. The fourth-order valence-electron chi connectivity index (χ4n) is 3.31. The highest BCUT2D eigenvalue weighted by molar-refractivity contribution is 5.89. The van der Waals surface area contributed by atoms with Crippen LogP contribution in [0.3, 0.4) is 0 Å². The minimum absolute atomic E-state index is 0.0335. The van der Waals surface area contributed by atoms with Crippen molar-refractivity contribution in [1.82, 2.24) is 19.9 Å². The fourth-order valence-corrected chi connectivity index (χ4v) is 3.31. The number of nitrogens with one attached hydrogen (secondary N) is 3. The molecule has 1 saturated heterocycles. The van der Waals surface area contributed by atoms with Crippen LogP contribution in [0.2, 0.25) is 0 Å². The molecule has 1 amide bonds. The monoisotopic (exact) mass is 367 g/mol. The van der Waals surface area contributed by atoms with Crippen LogP contribution in [0.1, 0.15) is 19.8 Å². The number of carbonyl (C=O) groups excluding carboxylic acids is 1. The predicted molar refractivity (Wildman–Crippen MR) is 103 cm³/mol. The van der Waals surface area contributed by atoms with Crippen LogP contribution < -0.4 is 15.5 Å². The third kappa shape index (κ3) is 3.54. The van der Waals surface area contributed by atoms with Gasteiger partial charge in [-0.05, 0) is 37.1 Å². The first-order valence-corrected chi connectivity index (χ1v) is 8.87. The van der Waals surface area contributed by atoms with Crippen LogP contribution in [0.25, 0.3) is 11.2 Å². The van der Waals surface area contributed by atoms with E-state index in [2.05, 4.69) is 30.6 Å². The van der Waals surface area contributed by atoms with Gasteiger partial charge in [0, 0.05) is 24.8 Å². The number of aliphatic hydroxyl groups is 1. The van der Waals surface area contributed by atoms with Gasteiger partial charge in [0.15, 0.2) is 11.5 Å². The van der Waals surface area contributed by atoms with Crippen LogP contribution in [-0.2, 0) is 4.79 Å². The van der Waals surface area contributed by atoms with E-state index in [1.165, 1.54) is 6.92 Å². The number of H-pyrrole nitrogens is 1. The third-order valence-electron chi connectivity index (χ3n) is 4.59. The minimum atomic E-state index is -0.112. The first-order valence-electron chi connectivity index (χ1n) is 8.87. The minimum Gasteiger partial charge on any atom is -0.394 e. The standard InChI is InChI=1S/C18H21N7O2/c1-11(27)21-12-4-6-13(7-5-12)22-17-15-16(20-10-19-15)23-18(24-17)25-8-2-3-14(25)9-26/h4-7,10,14,26H,2-3,8-9H2,1H3,(H,21,27)(H2,19,20,22,23,24). The summed E-state index contributed by atoms with van der Waals surface area (Å²) in [4.78, 5) is 29.7. The molecule has 1 aliphatic rings. The molecule has 1 unspecified atom stereocenters. The van der Waals surface area contributed by atoms with Gasteiger partial charge in [0.2, 0.25) is 11.9 Å². The highest BCUT2D eigenvalue weighted by atomic mass is 16.3. The summed E-state index contributed by atoms with van der Waals surface area (Å²) < 4.78 is 0. The Labute approximate surface area is 155 Å². The van der Waals surface area contributed by atoms with Crippen molar-refractivity contribution in [2.75, 3.05) is 28.7 Å². The molecule has 0 radical (unpaired) electrons. The maximum Gasteiger partial charge on any atom is 0.229 e. The molecular weight excluding hydrogens is 346 g/mol. The van der Waals surface area contributed by atoms with Crippen molar-refractivity contribution in [2.45, 2.75) is 25.8 Å². The zero-order chi connectivity index (χ0) is 18.8. The molecule has 3 aromatic rings. The fraction of sp³-hybridized carbons (Fsp3) is 0.333. The van der Waals surface area contributed by atoms with E-state index in [0.717, 1.165) is 30.8 Å². The van der Waals surface area contributed by atoms with Gasteiger partial charge in [-0.3, -0.25) is 4.79 Å². The molecule has 3 heterocycles. The molecule has 1 aromatic carbocycles. The van der Waals surface area contributed by atoms with Crippen molar-refractivity contribution in [3.8, 4) is 0 Å². The highest BCUT2D eigenvalue weighted by Crippen LogP contribution is 2.28. The lowest BCUT2D eigenvalue weighted by molar-refractivity contribution is -0.114. The second kappa shape index (κ2) is 7.20. The van der Waals surface area contributed by atoms with Gasteiger partial charge in [0.05, 0.1) is 19.0 Å². The van der Waals surface area contributed by atoms with Gasteiger partial charge >= 0.3 is 0 Å². The van der Waals surface area contributed by atoms with Gasteiger partial charge in [0.1, 0.15) is 5.52 Å². The lowest BCUT2D eigenvalue weighted by Gasteiger charge is -2.23. The van der Waals surface area contributed by atoms with Crippen LogP contribution >= 0.6 is 0 Å². The summed E-state index contributed by atoms with van der Waals surface area (Å²) in [5.74, 6) is 1.06. The first-order chi connectivity index (χ1) is 13.1. The number of aliphatic hydroxyl groups excluding tert-OH is 1. The van der Waals surface area contributed by atoms with Crippen LogP contribution in [-0.4, -0.2) is 50.1 Å². The zero-order valence-electron chi connectivity index (χ0n) is 14.9. The summed E-state index contributed by atoms with van der Waals surface area (Å²) >= 11 is 0. The van der Waals surface area contributed by atoms with E-state index in [9.17, 15) is 9.90 Å². The van der Waals surface area contributed by atoms with Crippen LogP contribution in [0.5, 0.6) is 0 Å². The van der Waals surface area contributed by atoms with Gasteiger partial charge in [-0.25, -0.2) is 4.98 Å². The van der Waals surface area contributed by atoms with Crippen molar-refractivity contribution in [1.29, 1.82) is 0 Å². The molecule has 27 heavy (non-hydrogen) atoms. The van der Waals surface area contributed by atoms with Gasteiger partial charge in [-0.1, -0.05) is 0 Å². The van der Waals surface area contributed by atoms with E-state index in [-0.39, 0.29) is 18.6 Å². The van der Waals surface area contributed by atoms with Crippen LogP contribution in [0.4, 0.5) is 23.1 Å². The molecule has 1 aliphatic heterocycles. The molecule has 9 heteroatoms. The number of nitrogens with zero attached hydrogens (tertiary/aromatic N) is 4. The van der Waals surface area contributed by atoms with E-state index in [4.69, 9.17) is 0 Å². The molecule has 1 atom stereocenters. The second-order valence-electron chi connectivity index (χ2n) is 6.53. The number of anilines is 4. The van der Waals surface area contributed by atoms with Gasteiger partial charge in [-0.15, -0.1) is 0 Å². The summed E-state index contributed by atoms with van der Waals surface area (Å²) in [7, 11) is 0. The Morgan fingerprint density at radius 3 is 2.81 bits per heavy atom. The van der Waals surface area contributed by atoms with Gasteiger partial charge in [-0.2, -0.15) is 9.97 Å². The average Bonchev–Trinajstić information content (AvgIpc) is 3.31. The summed E-state index contributed by atoms with van der Waals surface area (Å²) in [5.41, 5.74) is 2.83. The van der Waals surface area contributed by atoms with Gasteiger partial charge < -0.3 is 25.6 Å². The summed E-state index contributed by atoms with van der Waals surface area (Å²) in [6.45, 7) is 2.36. The number of imidazole rings is 1.